The number of hydrogen-bond donors (Lipinski definition) is 1. The van der Waals surface area contributed by atoms with E-state index >= 15 is 0 Å². The molecule has 5 aromatic rings. The van der Waals surface area contributed by atoms with Crippen molar-refractivity contribution in [2.24, 2.45) is 0 Å². The normalized spacial score (nSPS) is 11.0. The van der Waals surface area contributed by atoms with Crippen molar-refractivity contribution in [2.75, 3.05) is 0 Å². The number of pyridine rings is 1. The molecule has 4 nitrogen and oxygen atoms in total. The molecule has 0 aliphatic carbocycles. The van der Waals surface area contributed by atoms with Crippen molar-refractivity contribution < 1.29 is 9.15 Å². The molecule has 0 saturated carbocycles. The molecular weight excluding hydrogens is 336 g/mol. The number of H-pyrrole nitrogens is 1. The fourth-order valence-corrected chi connectivity index (χ4v) is 3.16. The van der Waals surface area contributed by atoms with Crippen molar-refractivity contribution in [3.05, 3.63) is 91.7 Å². The lowest BCUT2D eigenvalue weighted by Gasteiger charge is -2.07. The predicted molar refractivity (Wildman–Crippen MR) is 106 cm³/mol. The number of furan rings is 1. The molecule has 0 unspecified atom stereocenters. The Kier molecular flexibility index (Phi) is 3.72. The average molecular weight is 352 g/mol. The number of hydrogen-bond acceptors (Lipinski definition) is 3. The molecule has 0 saturated heterocycles. The minimum atomic E-state index is 0.805. The van der Waals surface area contributed by atoms with Crippen LogP contribution < -0.4 is 4.74 Å². The van der Waals surface area contributed by atoms with Crippen molar-refractivity contribution >= 4 is 11.0 Å². The second-order valence-electron chi connectivity index (χ2n) is 6.27. The van der Waals surface area contributed by atoms with Crippen LogP contribution in [0.1, 0.15) is 0 Å². The summed E-state index contributed by atoms with van der Waals surface area (Å²) < 4.78 is 11.1. The average Bonchev–Trinajstić information content (AvgIpc) is 3.38. The monoisotopic (exact) mass is 352 g/mol. The van der Waals surface area contributed by atoms with E-state index in [4.69, 9.17) is 9.15 Å². The van der Waals surface area contributed by atoms with Gasteiger partial charge in [-0.05, 0) is 42.0 Å². The largest absolute Gasteiger partial charge is 0.472 e. The van der Waals surface area contributed by atoms with Crippen molar-refractivity contribution in [2.45, 2.75) is 0 Å². The van der Waals surface area contributed by atoms with Gasteiger partial charge in [0, 0.05) is 34.5 Å². The van der Waals surface area contributed by atoms with Gasteiger partial charge in [0.1, 0.15) is 17.1 Å². The van der Waals surface area contributed by atoms with Crippen LogP contribution in [-0.2, 0) is 0 Å². The molecular formula is C23H16N2O2. The molecule has 0 aliphatic rings. The van der Waals surface area contributed by atoms with Gasteiger partial charge in [-0.15, -0.1) is 0 Å². The minimum Gasteiger partial charge on any atom is -0.472 e. The van der Waals surface area contributed by atoms with Gasteiger partial charge >= 0.3 is 0 Å². The molecule has 0 fully saturated rings. The second-order valence-corrected chi connectivity index (χ2v) is 6.27. The van der Waals surface area contributed by atoms with E-state index in [9.17, 15) is 0 Å². The third kappa shape index (κ3) is 2.98. The van der Waals surface area contributed by atoms with Crippen LogP contribution in [0.4, 0.5) is 0 Å². The summed E-state index contributed by atoms with van der Waals surface area (Å²) in [5.74, 6) is 1.63. The number of aromatic amines is 1. The zero-order valence-electron chi connectivity index (χ0n) is 14.4. The zero-order chi connectivity index (χ0) is 18.1. The highest BCUT2D eigenvalue weighted by atomic mass is 16.5. The molecule has 0 bridgehead atoms. The Morgan fingerprint density at radius 1 is 0.815 bits per heavy atom. The summed E-state index contributed by atoms with van der Waals surface area (Å²) in [6, 6.07) is 21.9. The third-order valence-electron chi connectivity index (χ3n) is 4.53. The Morgan fingerprint density at radius 2 is 1.63 bits per heavy atom. The van der Waals surface area contributed by atoms with Gasteiger partial charge in [-0.1, -0.05) is 30.3 Å². The van der Waals surface area contributed by atoms with Crippen molar-refractivity contribution in [1.29, 1.82) is 0 Å². The number of nitrogens with one attached hydrogen (secondary N) is 1. The topological polar surface area (TPSA) is 51.0 Å². The first-order valence-electron chi connectivity index (χ1n) is 8.70. The van der Waals surface area contributed by atoms with Gasteiger partial charge < -0.3 is 14.1 Å². The van der Waals surface area contributed by atoms with Gasteiger partial charge in [-0.2, -0.15) is 0 Å². The van der Waals surface area contributed by atoms with Crippen LogP contribution in [0, 0.1) is 0 Å². The number of aromatic nitrogens is 2. The number of benzene rings is 2. The summed E-state index contributed by atoms with van der Waals surface area (Å²) in [5.41, 5.74) is 5.12. The quantitative estimate of drug-likeness (QED) is 0.414. The fraction of sp³-hybridized carbons (Fsp3) is 0. The summed E-state index contributed by atoms with van der Waals surface area (Å²) in [6.45, 7) is 0. The standard InChI is InChI=1S/C23H16N2O2/c1-2-4-19(5-3-1)27-20-8-6-16(7-9-20)18-12-21-22(17-10-11-26-15-17)14-25-23(21)24-13-18/h1-15H,(H,24,25). The molecule has 1 N–H and O–H groups in total. The van der Waals surface area contributed by atoms with Crippen molar-refractivity contribution in [1.82, 2.24) is 9.97 Å². The number of fused-ring (bicyclic) bond motifs is 1. The number of para-hydroxylation sites is 1. The van der Waals surface area contributed by atoms with E-state index in [-0.39, 0.29) is 0 Å². The highest BCUT2D eigenvalue weighted by Gasteiger charge is 2.10. The van der Waals surface area contributed by atoms with Gasteiger partial charge in [-0.3, -0.25) is 0 Å². The number of rotatable bonds is 4. The SMILES string of the molecule is c1ccc(Oc2ccc(-c3cnc4[nH]cc(-c5ccoc5)c4c3)cc2)cc1. The summed E-state index contributed by atoms with van der Waals surface area (Å²) in [6.07, 6.45) is 7.26. The first-order valence-corrected chi connectivity index (χ1v) is 8.70. The van der Waals surface area contributed by atoms with Crippen LogP contribution >= 0.6 is 0 Å². The molecule has 3 heterocycles. The van der Waals surface area contributed by atoms with E-state index in [1.807, 2.05) is 73.1 Å². The van der Waals surface area contributed by atoms with Crippen LogP contribution in [0.15, 0.2) is 96.1 Å². The minimum absolute atomic E-state index is 0.805. The van der Waals surface area contributed by atoms with Gasteiger partial charge in [0.2, 0.25) is 0 Å². The summed E-state index contributed by atoms with van der Waals surface area (Å²) in [5, 5.41) is 1.07. The first-order chi connectivity index (χ1) is 13.4. The Morgan fingerprint density at radius 3 is 2.41 bits per heavy atom. The Hall–Kier alpha value is -3.79. The van der Waals surface area contributed by atoms with Gasteiger partial charge in [-0.25, -0.2) is 4.98 Å². The molecule has 0 atom stereocenters. The maximum Gasteiger partial charge on any atom is 0.137 e. The molecule has 5 rings (SSSR count). The van der Waals surface area contributed by atoms with Crippen molar-refractivity contribution in [3.63, 3.8) is 0 Å². The summed E-state index contributed by atoms with van der Waals surface area (Å²) >= 11 is 0. The van der Waals surface area contributed by atoms with Crippen LogP contribution in [-0.4, -0.2) is 9.97 Å². The lowest BCUT2D eigenvalue weighted by atomic mass is 10.0. The van der Waals surface area contributed by atoms with Crippen LogP contribution in [0.25, 0.3) is 33.3 Å². The Bertz CT molecular complexity index is 1170. The van der Waals surface area contributed by atoms with E-state index in [0.29, 0.717) is 0 Å². The molecule has 2 aromatic carbocycles. The molecule has 3 aromatic heterocycles. The van der Waals surface area contributed by atoms with E-state index in [0.717, 1.165) is 44.8 Å². The van der Waals surface area contributed by atoms with E-state index in [2.05, 4.69) is 16.0 Å². The number of nitrogens with zero attached hydrogens (tertiary/aromatic N) is 1. The fourth-order valence-electron chi connectivity index (χ4n) is 3.16. The lowest BCUT2D eigenvalue weighted by Crippen LogP contribution is -1.85. The third-order valence-corrected chi connectivity index (χ3v) is 4.53. The van der Waals surface area contributed by atoms with E-state index in [1.54, 1.807) is 12.5 Å². The first kappa shape index (κ1) is 15.5. The summed E-state index contributed by atoms with van der Waals surface area (Å²) in [4.78, 5) is 7.78. The molecule has 0 spiro atoms. The summed E-state index contributed by atoms with van der Waals surface area (Å²) in [7, 11) is 0. The van der Waals surface area contributed by atoms with E-state index in [1.165, 1.54) is 0 Å². The maximum absolute atomic E-state index is 5.86. The molecule has 27 heavy (non-hydrogen) atoms. The van der Waals surface area contributed by atoms with Crippen LogP contribution in [0.2, 0.25) is 0 Å². The predicted octanol–water partition coefficient (Wildman–Crippen LogP) is 6.28. The Balaban J connectivity index is 1.47. The second kappa shape index (κ2) is 6.50. The molecule has 4 heteroatoms. The zero-order valence-corrected chi connectivity index (χ0v) is 14.4. The molecule has 0 amide bonds. The Labute approximate surface area is 156 Å². The lowest BCUT2D eigenvalue weighted by molar-refractivity contribution is 0.483. The smallest absolute Gasteiger partial charge is 0.137 e. The van der Waals surface area contributed by atoms with Gasteiger partial charge in [0.15, 0.2) is 0 Å². The van der Waals surface area contributed by atoms with Crippen LogP contribution in [0.3, 0.4) is 0 Å². The molecule has 0 radical (unpaired) electrons. The highest BCUT2D eigenvalue weighted by Crippen LogP contribution is 2.32. The van der Waals surface area contributed by atoms with Gasteiger partial charge in [0.25, 0.3) is 0 Å². The molecule has 130 valence electrons. The maximum atomic E-state index is 5.86. The van der Waals surface area contributed by atoms with Crippen LogP contribution in [0.5, 0.6) is 11.5 Å². The highest BCUT2D eigenvalue weighted by molar-refractivity contribution is 5.95. The van der Waals surface area contributed by atoms with Crippen molar-refractivity contribution in [3.8, 4) is 33.8 Å². The number of ether oxygens (including phenoxy) is 1. The van der Waals surface area contributed by atoms with E-state index < -0.39 is 0 Å². The van der Waals surface area contributed by atoms with Gasteiger partial charge in [0.05, 0.1) is 12.5 Å². The molecule has 0 aliphatic heterocycles.